The standard InChI is InChI=1S/C15H18BrFN2O2/c16-11-5-4-6-12(17)14(11)15(21)18-8-7-13(20)19-9-2-1-3-10-19/h4-6H,1-3,7-10H2,(H,18,21). The lowest BCUT2D eigenvalue weighted by atomic mass is 10.1. The second-order valence-electron chi connectivity index (χ2n) is 5.04. The van der Waals surface area contributed by atoms with E-state index in [1.807, 2.05) is 4.90 Å². The first-order valence-electron chi connectivity index (χ1n) is 7.09. The zero-order valence-electron chi connectivity index (χ0n) is 11.7. The maximum atomic E-state index is 13.6. The van der Waals surface area contributed by atoms with E-state index in [0.29, 0.717) is 4.47 Å². The van der Waals surface area contributed by atoms with Crippen LogP contribution in [-0.2, 0) is 4.79 Å². The first-order chi connectivity index (χ1) is 10.1. The third kappa shape index (κ3) is 4.27. The molecule has 0 spiro atoms. The molecule has 1 aliphatic rings. The van der Waals surface area contributed by atoms with Gasteiger partial charge in [-0.05, 0) is 47.3 Å². The molecule has 0 radical (unpaired) electrons. The van der Waals surface area contributed by atoms with E-state index in [-0.39, 0.29) is 24.4 Å². The molecule has 114 valence electrons. The summed E-state index contributed by atoms with van der Waals surface area (Å²) in [5.74, 6) is -1.04. The molecule has 0 saturated carbocycles. The molecule has 0 atom stereocenters. The van der Waals surface area contributed by atoms with Gasteiger partial charge in [-0.2, -0.15) is 0 Å². The van der Waals surface area contributed by atoms with Gasteiger partial charge in [-0.1, -0.05) is 6.07 Å². The van der Waals surface area contributed by atoms with Crippen LogP contribution in [-0.4, -0.2) is 36.3 Å². The molecule has 1 aromatic carbocycles. The van der Waals surface area contributed by atoms with Crippen LogP contribution in [0.3, 0.4) is 0 Å². The lowest BCUT2D eigenvalue weighted by Crippen LogP contribution is -2.37. The maximum absolute atomic E-state index is 13.6. The van der Waals surface area contributed by atoms with Crippen LogP contribution < -0.4 is 5.32 Å². The van der Waals surface area contributed by atoms with E-state index in [1.54, 1.807) is 6.07 Å². The van der Waals surface area contributed by atoms with Crippen molar-refractivity contribution in [2.24, 2.45) is 0 Å². The Morgan fingerprint density at radius 3 is 2.62 bits per heavy atom. The van der Waals surface area contributed by atoms with Crippen LogP contribution >= 0.6 is 15.9 Å². The predicted molar refractivity (Wildman–Crippen MR) is 81.5 cm³/mol. The summed E-state index contributed by atoms with van der Waals surface area (Å²) in [5.41, 5.74) is -0.0251. The first kappa shape index (κ1) is 15.9. The maximum Gasteiger partial charge on any atom is 0.255 e. The van der Waals surface area contributed by atoms with Gasteiger partial charge in [0.1, 0.15) is 5.82 Å². The molecule has 4 nitrogen and oxygen atoms in total. The summed E-state index contributed by atoms with van der Waals surface area (Å²) in [4.78, 5) is 25.7. The quantitative estimate of drug-likeness (QED) is 0.901. The summed E-state index contributed by atoms with van der Waals surface area (Å²) in [5, 5.41) is 2.59. The van der Waals surface area contributed by atoms with Gasteiger partial charge in [0.25, 0.3) is 5.91 Å². The lowest BCUT2D eigenvalue weighted by Gasteiger charge is -2.26. The average molecular weight is 357 g/mol. The lowest BCUT2D eigenvalue weighted by molar-refractivity contribution is -0.131. The largest absolute Gasteiger partial charge is 0.351 e. The van der Waals surface area contributed by atoms with E-state index in [1.165, 1.54) is 18.6 Å². The van der Waals surface area contributed by atoms with Crippen molar-refractivity contribution in [2.75, 3.05) is 19.6 Å². The predicted octanol–water partition coefficient (Wildman–Crippen LogP) is 2.72. The van der Waals surface area contributed by atoms with Crippen LogP contribution in [0, 0.1) is 5.82 Å². The van der Waals surface area contributed by atoms with Crippen LogP contribution in [0.4, 0.5) is 4.39 Å². The van der Waals surface area contributed by atoms with Crippen LogP contribution in [0.5, 0.6) is 0 Å². The van der Waals surface area contributed by atoms with Crippen molar-refractivity contribution in [1.82, 2.24) is 10.2 Å². The van der Waals surface area contributed by atoms with Gasteiger partial charge >= 0.3 is 0 Å². The first-order valence-corrected chi connectivity index (χ1v) is 7.89. The molecule has 0 unspecified atom stereocenters. The van der Waals surface area contributed by atoms with Crippen LogP contribution in [0.15, 0.2) is 22.7 Å². The summed E-state index contributed by atoms with van der Waals surface area (Å²) in [6, 6.07) is 4.37. The molecule has 0 aliphatic carbocycles. The van der Waals surface area contributed by atoms with Crippen LogP contribution in [0.1, 0.15) is 36.0 Å². The molecule has 2 amide bonds. The number of carbonyl (C=O) groups excluding carboxylic acids is 2. The van der Waals surface area contributed by atoms with E-state index in [9.17, 15) is 14.0 Å². The number of hydrogen-bond donors (Lipinski definition) is 1. The fourth-order valence-electron chi connectivity index (χ4n) is 2.39. The number of carbonyl (C=O) groups is 2. The van der Waals surface area contributed by atoms with E-state index in [0.717, 1.165) is 25.9 Å². The molecule has 1 fully saturated rings. The molecule has 21 heavy (non-hydrogen) atoms. The minimum absolute atomic E-state index is 0.0251. The fraction of sp³-hybridized carbons (Fsp3) is 0.467. The molecule has 6 heteroatoms. The van der Waals surface area contributed by atoms with Gasteiger partial charge in [0.05, 0.1) is 5.56 Å². The number of piperidine rings is 1. The molecular formula is C15H18BrFN2O2. The Kier molecular flexibility index (Phi) is 5.73. The molecule has 2 rings (SSSR count). The van der Waals surface area contributed by atoms with Crippen molar-refractivity contribution in [1.29, 1.82) is 0 Å². The second-order valence-corrected chi connectivity index (χ2v) is 5.90. The topological polar surface area (TPSA) is 49.4 Å². The van der Waals surface area contributed by atoms with Gasteiger partial charge in [-0.3, -0.25) is 9.59 Å². The van der Waals surface area contributed by atoms with E-state index in [4.69, 9.17) is 0 Å². The summed E-state index contributed by atoms with van der Waals surface area (Å²) in [6.07, 6.45) is 3.50. The highest BCUT2D eigenvalue weighted by atomic mass is 79.9. The van der Waals surface area contributed by atoms with E-state index >= 15 is 0 Å². The number of hydrogen-bond acceptors (Lipinski definition) is 2. The summed E-state index contributed by atoms with van der Waals surface area (Å²) in [6.45, 7) is 1.81. The monoisotopic (exact) mass is 356 g/mol. The minimum Gasteiger partial charge on any atom is -0.351 e. The van der Waals surface area contributed by atoms with Crippen molar-refractivity contribution in [2.45, 2.75) is 25.7 Å². The summed E-state index contributed by atoms with van der Waals surface area (Å²) >= 11 is 3.16. The molecule has 1 heterocycles. The van der Waals surface area contributed by atoms with Gasteiger partial charge in [0.15, 0.2) is 0 Å². The van der Waals surface area contributed by atoms with Crippen LogP contribution in [0.2, 0.25) is 0 Å². The summed E-state index contributed by atoms with van der Waals surface area (Å²) < 4.78 is 14.0. The van der Waals surface area contributed by atoms with Crippen molar-refractivity contribution >= 4 is 27.7 Å². The molecular weight excluding hydrogens is 339 g/mol. The van der Waals surface area contributed by atoms with Crippen molar-refractivity contribution in [3.63, 3.8) is 0 Å². The Morgan fingerprint density at radius 2 is 1.95 bits per heavy atom. The SMILES string of the molecule is O=C(NCCC(=O)N1CCCCC1)c1c(F)cccc1Br. The molecule has 1 N–H and O–H groups in total. The Morgan fingerprint density at radius 1 is 1.24 bits per heavy atom. The number of amides is 2. The molecule has 1 aliphatic heterocycles. The van der Waals surface area contributed by atoms with Gasteiger partial charge in [-0.15, -0.1) is 0 Å². The van der Waals surface area contributed by atoms with Crippen molar-refractivity contribution in [3.05, 3.63) is 34.1 Å². The highest BCUT2D eigenvalue weighted by molar-refractivity contribution is 9.10. The number of likely N-dealkylation sites (tertiary alicyclic amines) is 1. The zero-order valence-corrected chi connectivity index (χ0v) is 13.3. The third-order valence-electron chi connectivity index (χ3n) is 3.52. The Bertz CT molecular complexity index is 510. The third-order valence-corrected chi connectivity index (χ3v) is 4.18. The summed E-state index contributed by atoms with van der Waals surface area (Å²) in [7, 11) is 0. The van der Waals surface area contributed by atoms with Crippen molar-refractivity contribution in [3.8, 4) is 0 Å². The molecule has 1 aromatic rings. The fourth-order valence-corrected chi connectivity index (χ4v) is 2.91. The van der Waals surface area contributed by atoms with Gasteiger partial charge in [0.2, 0.25) is 5.91 Å². The number of nitrogens with zero attached hydrogens (tertiary/aromatic N) is 1. The zero-order chi connectivity index (χ0) is 15.2. The normalized spacial score (nSPS) is 14.9. The number of rotatable bonds is 4. The highest BCUT2D eigenvalue weighted by Crippen LogP contribution is 2.19. The molecule has 0 aromatic heterocycles. The van der Waals surface area contributed by atoms with E-state index < -0.39 is 11.7 Å². The highest BCUT2D eigenvalue weighted by Gasteiger charge is 2.18. The Labute approximate surface area is 131 Å². The Hall–Kier alpha value is -1.43. The number of halogens is 2. The van der Waals surface area contributed by atoms with Gasteiger partial charge in [0, 0.05) is 30.5 Å². The van der Waals surface area contributed by atoms with E-state index in [2.05, 4.69) is 21.2 Å². The number of benzene rings is 1. The smallest absolute Gasteiger partial charge is 0.255 e. The average Bonchev–Trinajstić information content (AvgIpc) is 2.48. The second kappa shape index (κ2) is 7.54. The molecule has 0 bridgehead atoms. The van der Waals surface area contributed by atoms with Gasteiger partial charge < -0.3 is 10.2 Å². The minimum atomic E-state index is -0.579. The number of nitrogens with one attached hydrogen (secondary N) is 1. The van der Waals surface area contributed by atoms with Crippen molar-refractivity contribution < 1.29 is 14.0 Å². The molecule has 1 saturated heterocycles. The van der Waals surface area contributed by atoms with Gasteiger partial charge in [-0.25, -0.2) is 4.39 Å². The van der Waals surface area contributed by atoms with Crippen LogP contribution in [0.25, 0.3) is 0 Å². The Balaban J connectivity index is 1.83.